The van der Waals surface area contributed by atoms with E-state index in [4.69, 9.17) is 12.2 Å². The molecule has 0 aliphatic heterocycles. The molecule has 1 fully saturated rings. The highest BCUT2D eigenvalue weighted by atomic mass is 79.9. The number of nitrogens with one attached hydrogen (secondary N) is 2. The summed E-state index contributed by atoms with van der Waals surface area (Å²) in [5, 5.41) is 12.1. The molecule has 118 valence electrons. The molecule has 1 aromatic rings. The Morgan fingerprint density at radius 1 is 1.33 bits per heavy atom. The highest BCUT2D eigenvalue weighted by Gasteiger charge is 2.13. The van der Waals surface area contributed by atoms with Gasteiger partial charge in [-0.25, -0.2) is 0 Å². The van der Waals surface area contributed by atoms with Crippen molar-refractivity contribution in [3.8, 4) is 0 Å². The summed E-state index contributed by atoms with van der Waals surface area (Å²) in [5.74, 6) is 0. The van der Waals surface area contributed by atoms with Gasteiger partial charge in [0.2, 0.25) is 0 Å². The molecule has 1 heterocycles. The molecule has 4 nitrogen and oxygen atoms in total. The van der Waals surface area contributed by atoms with Crippen LogP contribution in [0.15, 0.2) is 4.47 Å². The number of aromatic nitrogens is 2. The SMILES string of the molecule is Cc1nn(CCCNC(=S)NC2CCCCC2)c(C)c1Br. The van der Waals surface area contributed by atoms with Crippen molar-refractivity contribution in [2.24, 2.45) is 0 Å². The van der Waals surface area contributed by atoms with Crippen LogP contribution in [0.4, 0.5) is 0 Å². The molecule has 0 aromatic carbocycles. The van der Waals surface area contributed by atoms with Crippen LogP contribution in [0.5, 0.6) is 0 Å². The van der Waals surface area contributed by atoms with Crippen LogP contribution in [-0.2, 0) is 6.54 Å². The highest BCUT2D eigenvalue weighted by molar-refractivity contribution is 9.10. The van der Waals surface area contributed by atoms with Crippen molar-refractivity contribution in [1.29, 1.82) is 0 Å². The van der Waals surface area contributed by atoms with E-state index in [1.54, 1.807) is 0 Å². The molecule has 0 amide bonds. The molecule has 6 heteroatoms. The molecule has 2 N–H and O–H groups in total. The lowest BCUT2D eigenvalue weighted by molar-refractivity contribution is 0.411. The molecule has 1 aromatic heterocycles. The minimum Gasteiger partial charge on any atom is -0.363 e. The Bertz CT molecular complexity index is 480. The van der Waals surface area contributed by atoms with Gasteiger partial charge in [-0.2, -0.15) is 5.10 Å². The summed E-state index contributed by atoms with van der Waals surface area (Å²) in [6.07, 6.45) is 7.54. The van der Waals surface area contributed by atoms with Gasteiger partial charge in [0.25, 0.3) is 0 Å². The predicted molar refractivity (Wildman–Crippen MR) is 94.6 cm³/mol. The monoisotopic (exact) mass is 372 g/mol. The quantitative estimate of drug-likeness (QED) is 0.613. The van der Waals surface area contributed by atoms with Gasteiger partial charge in [0.15, 0.2) is 5.11 Å². The fourth-order valence-corrected chi connectivity index (χ4v) is 3.36. The summed E-state index contributed by atoms with van der Waals surface area (Å²) in [6.45, 7) is 5.91. The van der Waals surface area contributed by atoms with Crippen molar-refractivity contribution in [2.75, 3.05) is 6.54 Å². The van der Waals surface area contributed by atoms with Crippen LogP contribution in [-0.4, -0.2) is 27.5 Å². The molecule has 1 aliphatic rings. The lowest BCUT2D eigenvalue weighted by Gasteiger charge is -2.24. The van der Waals surface area contributed by atoms with E-state index in [0.717, 1.165) is 34.8 Å². The molecule has 0 radical (unpaired) electrons. The Balaban J connectivity index is 1.64. The molecule has 0 spiro atoms. The first-order valence-electron chi connectivity index (χ1n) is 7.82. The second-order valence-corrected chi connectivity index (χ2v) is 7.00. The third-order valence-corrected chi connectivity index (χ3v) is 5.48. The van der Waals surface area contributed by atoms with Gasteiger partial charge < -0.3 is 10.6 Å². The van der Waals surface area contributed by atoms with Gasteiger partial charge in [0, 0.05) is 24.8 Å². The molecular weight excluding hydrogens is 348 g/mol. The number of nitrogens with zero attached hydrogens (tertiary/aromatic N) is 2. The first kappa shape index (κ1) is 16.7. The van der Waals surface area contributed by atoms with Crippen molar-refractivity contribution in [1.82, 2.24) is 20.4 Å². The van der Waals surface area contributed by atoms with Gasteiger partial charge in [-0.05, 0) is 61.3 Å². The highest BCUT2D eigenvalue weighted by Crippen LogP contribution is 2.19. The van der Waals surface area contributed by atoms with Crippen LogP contribution < -0.4 is 10.6 Å². The van der Waals surface area contributed by atoms with E-state index in [0.29, 0.717) is 6.04 Å². The summed E-state index contributed by atoms with van der Waals surface area (Å²) in [6, 6.07) is 0.575. The van der Waals surface area contributed by atoms with Gasteiger partial charge in [0.1, 0.15) is 0 Å². The first-order chi connectivity index (χ1) is 10.1. The van der Waals surface area contributed by atoms with Crippen LogP contribution in [0.1, 0.15) is 49.9 Å². The van der Waals surface area contributed by atoms with Gasteiger partial charge in [-0.3, -0.25) is 4.68 Å². The topological polar surface area (TPSA) is 41.9 Å². The van der Waals surface area contributed by atoms with Gasteiger partial charge >= 0.3 is 0 Å². The van der Waals surface area contributed by atoms with E-state index in [1.807, 2.05) is 6.92 Å². The summed E-state index contributed by atoms with van der Waals surface area (Å²) in [7, 11) is 0. The zero-order valence-electron chi connectivity index (χ0n) is 12.9. The number of aryl methyl sites for hydroxylation is 2. The Morgan fingerprint density at radius 2 is 2.05 bits per heavy atom. The van der Waals surface area contributed by atoms with Crippen molar-refractivity contribution < 1.29 is 0 Å². The number of hydrogen-bond acceptors (Lipinski definition) is 2. The molecule has 21 heavy (non-hydrogen) atoms. The number of hydrogen-bond donors (Lipinski definition) is 2. The molecule has 0 atom stereocenters. The van der Waals surface area contributed by atoms with Crippen LogP contribution in [0.25, 0.3) is 0 Å². The predicted octanol–water partition coefficient (Wildman–Crippen LogP) is 3.45. The lowest BCUT2D eigenvalue weighted by Crippen LogP contribution is -2.43. The average Bonchev–Trinajstić information content (AvgIpc) is 2.72. The molecule has 1 saturated carbocycles. The van der Waals surface area contributed by atoms with E-state index < -0.39 is 0 Å². The summed E-state index contributed by atoms with van der Waals surface area (Å²) < 4.78 is 3.17. The van der Waals surface area contributed by atoms with Gasteiger partial charge in [-0.15, -0.1) is 0 Å². The Hall–Kier alpha value is -0.620. The molecule has 0 bridgehead atoms. The molecule has 0 saturated heterocycles. The standard InChI is InChI=1S/C15H25BrN4S/c1-11-14(16)12(2)20(19-11)10-6-9-17-15(21)18-13-7-4-3-5-8-13/h13H,3-10H2,1-2H3,(H2,17,18,21). The van der Waals surface area contributed by atoms with Gasteiger partial charge in [0.05, 0.1) is 10.2 Å². The Kier molecular flexibility index (Phi) is 6.48. The molecule has 0 unspecified atom stereocenters. The zero-order chi connectivity index (χ0) is 15.2. The van der Waals surface area contributed by atoms with Crippen LogP contribution in [0.3, 0.4) is 0 Å². The maximum atomic E-state index is 5.36. The van der Waals surface area contributed by atoms with Crippen LogP contribution >= 0.6 is 28.1 Å². The van der Waals surface area contributed by atoms with E-state index in [9.17, 15) is 0 Å². The van der Waals surface area contributed by atoms with Crippen LogP contribution in [0.2, 0.25) is 0 Å². The summed E-state index contributed by atoms with van der Waals surface area (Å²) >= 11 is 8.92. The van der Waals surface area contributed by atoms with Crippen molar-refractivity contribution >= 4 is 33.3 Å². The molecular formula is C15H25BrN4S. The van der Waals surface area contributed by atoms with E-state index in [2.05, 4.69) is 43.3 Å². The normalized spacial score (nSPS) is 16.0. The fourth-order valence-electron chi connectivity index (χ4n) is 2.81. The number of thiocarbonyl (C=S) groups is 1. The number of rotatable bonds is 5. The second kappa shape index (κ2) is 8.13. The Morgan fingerprint density at radius 3 is 2.67 bits per heavy atom. The maximum absolute atomic E-state index is 5.36. The minimum absolute atomic E-state index is 0.575. The average molecular weight is 373 g/mol. The summed E-state index contributed by atoms with van der Waals surface area (Å²) in [5.41, 5.74) is 2.24. The molecule has 2 rings (SSSR count). The van der Waals surface area contributed by atoms with Crippen LogP contribution in [0, 0.1) is 13.8 Å². The van der Waals surface area contributed by atoms with E-state index >= 15 is 0 Å². The first-order valence-corrected chi connectivity index (χ1v) is 9.02. The molecule has 1 aliphatic carbocycles. The lowest BCUT2D eigenvalue weighted by atomic mass is 9.96. The second-order valence-electron chi connectivity index (χ2n) is 5.80. The fraction of sp³-hybridized carbons (Fsp3) is 0.733. The third kappa shape index (κ3) is 4.95. The maximum Gasteiger partial charge on any atom is 0.166 e. The van der Waals surface area contributed by atoms with Crippen molar-refractivity contribution in [3.05, 3.63) is 15.9 Å². The third-order valence-electron chi connectivity index (χ3n) is 4.07. The van der Waals surface area contributed by atoms with E-state index in [1.165, 1.54) is 37.8 Å². The largest absolute Gasteiger partial charge is 0.363 e. The smallest absolute Gasteiger partial charge is 0.166 e. The minimum atomic E-state index is 0.575. The summed E-state index contributed by atoms with van der Waals surface area (Å²) in [4.78, 5) is 0. The van der Waals surface area contributed by atoms with Crippen molar-refractivity contribution in [3.63, 3.8) is 0 Å². The van der Waals surface area contributed by atoms with Crippen molar-refractivity contribution in [2.45, 2.75) is 65.0 Å². The number of halogens is 1. The zero-order valence-corrected chi connectivity index (χ0v) is 15.3. The van der Waals surface area contributed by atoms with Gasteiger partial charge in [-0.1, -0.05) is 19.3 Å². The Labute approximate surface area is 141 Å². The van der Waals surface area contributed by atoms with E-state index in [-0.39, 0.29) is 0 Å².